The van der Waals surface area contributed by atoms with Crippen LogP contribution in [-0.2, 0) is 13.1 Å². The van der Waals surface area contributed by atoms with Crippen molar-refractivity contribution < 1.29 is 8.81 Å². The molecule has 2 aromatic heterocycles. The minimum Gasteiger partial charge on any atom is -0.447 e. The van der Waals surface area contributed by atoms with E-state index in [-0.39, 0.29) is 29.5 Å². The van der Waals surface area contributed by atoms with Crippen LogP contribution in [0.25, 0.3) is 0 Å². The second-order valence-electron chi connectivity index (χ2n) is 8.10. The van der Waals surface area contributed by atoms with Gasteiger partial charge in [-0.05, 0) is 61.4 Å². The van der Waals surface area contributed by atoms with Crippen LogP contribution >= 0.6 is 0 Å². The molecular weight excluding hydrogens is 395 g/mol. The molecule has 6 nitrogen and oxygen atoms in total. The highest BCUT2D eigenvalue weighted by molar-refractivity contribution is 5.43. The number of hydrogen-bond acceptors (Lipinski definition) is 5. The summed E-state index contributed by atoms with van der Waals surface area (Å²) in [4.78, 5) is 17.0. The van der Waals surface area contributed by atoms with Gasteiger partial charge in [-0.15, -0.1) is 0 Å². The normalized spacial score (nSPS) is 14.8. The lowest BCUT2D eigenvalue weighted by Crippen LogP contribution is -2.34. The Morgan fingerprint density at radius 1 is 1.39 bits per heavy atom. The molecule has 1 atom stereocenters. The highest BCUT2D eigenvalue weighted by atomic mass is 19.1. The quantitative estimate of drug-likeness (QED) is 0.621. The molecule has 7 heteroatoms. The molecule has 31 heavy (non-hydrogen) atoms. The van der Waals surface area contributed by atoms with E-state index in [9.17, 15) is 14.4 Å². The zero-order valence-electron chi connectivity index (χ0n) is 17.7. The van der Waals surface area contributed by atoms with Crippen molar-refractivity contribution in [2.24, 2.45) is 5.92 Å². The lowest BCUT2D eigenvalue weighted by atomic mass is 9.77. The second-order valence-corrected chi connectivity index (χ2v) is 8.10. The number of halogens is 1. The molecular formula is C24H25FN4O2. The van der Waals surface area contributed by atoms with Crippen LogP contribution in [0.15, 0.2) is 45.9 Å². The molecule has 1 unspecified atom stereocenters. The van der Waals surface area contributed by atoms with E-state index < -0.39 is 0 Å². The van der Waals surface area contributed by atoms with Gasteiger partial charge >= 0.3 is 0 Å². The fourth-order valence-corrected chi connectivity index (χ4v) is 4.32. The number of pyridine rings is 1. The van der Waals surface area contributed by atoms with Gasteiger partial charge in [-0.3, -0.25) is 4.79 Å². The van der Waals surface area contributed by atoms with Crippen molar-refractivity contribution in [3.8, 4) is 6.07 Å². The van der Waals surface area contributed by atoms with Crippen LogP contribution in [0.4, 0.5) is 4.39 Å². The smallest absolute Gasteiger partial charge is 0.269 e. The Hall–Kier alpha value is -3.24. The van der Waals surface area contributed by atoms with Crippen LogP contribution in [0.1, 0.15) is 59.1 Å². The van der Waals surface area contributed by atoms with Crippen LogP contribution in [-0.4, -0.2) is 9.55 Å². The second kappa shape index (κ2) is 8.86. The molecule has 0 radical (unpaired) electrons. The van der Waals surface area contributed by atoms with Crippen LogP contribution < -0.4 is 10.9 Å². The lowest BCUT2D eigenvalue weighted by molar-refractivity contribution is 0.229. The lowest BCUT2D eigenvalue weighted by Gasteiger charge is -2.35. The number of nitrogens with one attached hydrogen (secondary N) is 1. The third kappa shape index (κ3) is 4.17. The van der Waals surface area contributed by atoms with Crippen LogP contribution in [0.5, 0.6) is 0 Å². The van der Waals surface area contributed by atoms with Gasteiger partial charge in [-0.2, -0.15) is 5.26 Å². The maximum Gasteiger partial charge on any atom is 0.269 e. The number of rotatable bonds is 7. The summed E-state index contributed by atoms with van der Waals surface area (Å²) in [6.07, 6.45) is 6.36. The van der Waals surface area contributed by atoms with Crippen LogP contribution in [0, 0.1) is 36.9 Å². The Balaban J connectivity index is 1.68. The molecule has 1 aliphatic rings. The Kier molecular flexibility index (Phi) is 6.01. The van der Waals surface area contributed by atoms with Gasteiger partial charge in [0.25, 0.3) is 5.56 Å². The van der Waals surface area contributed by atoms with Crippen molar-refractivity contribution in [1.82, 2.24) is 14.9 Å². The molecule has 3 aromatic rings. The van der Waals surface area contributed by atoms with Gasteiger partial charge in [0.1, 0.15) is 30.3 Å². The zero-order chi connectivity index (χ0) is 22.0. The predicted octanol–water partition coefficient (Wildman–Crippen LogP) is 4.14. The standard InChI is InChI=1S/C24H25FN4O2/c1-15-20(12-26)24(30)29(14-22-27-9-10-31-22)16(2)21(15)13-28-23(17-5-3-6-17)18-7-4-8-19(25)11-18/h4,7-11,17,23,28H,3,5-6,13-14H2,1-2H3. The molecule has 1 N–H and O–H groups in total. The van der Waals surface area contributed by atoms with E-state index in [1.165, 1.54) is 29.5 Å². The first kappa shape index (κ1) is 21.0. The average Bonchev–Trinajstić information content (AvgIpc) is 3.22. The van der Waals surface area contributed by atoms with Crippen molar-refractivity contribution in [3.05, 3.63) is 86.7 Å². The van der Waals surface area contributed by atoms with Gasteiger partial charge < -0.3 is 14.3 Å². The fraction of sp³-hybridized carbons (Fsp3) is 0.375. The molecule has 0 bridgehead atoms. The Bertz CT molecular complexity index is 1170. The van der Waals surface area contributed by atoms with Crippen molar-refractivity contribution in [1.29, 1.82) is 5.26 Å². The summed E-state index contributed by atoms with van der Waals surface area (Å²) >= 11 is 0. The van der Waals surface area contributed by atoms with E-state index >= 15 is 0 Å². The van der Waals surface area contributed by atoms with Gasteiger partial charge in [-0.1, -0.05) is 18.6 Å². The molecule has 0 saturated heterocycles. The van der Waals surface area contributed by atoms with Gasteiger partial charge in [-0.25, -0.2) is 9.37 Å². The molecule has 0 amide bonds. The van der Waals surface area contributed by atoms with Crippen molar-refractivity contribution in [3.63, 3.8) is 0 Å². The first-order chi connectivity index (χ1) is 15.0. The first-order valence-electron chi connectivity index (χ1n) is 10.5. The zero-order valence-corrected chi connectivity index (χ0v) is 17.7. The summed E-state index contributed by atoms with van der Waals surface area (Å²) in [7, 11) is 0. The van der Waals surface area contributed by atoms with E-state index in [0.29, 0.717) is 23.9 Å². The molecule has 1 saturated carbocycles. The van der Waals surface area contributed by atoms with Crippen molar-refractivity contribution in [2.75, 3.05) is 0 Å². The number of nitriles is 1. The maximum atomic E-state index is 13.9. The molecule has 1 aromatic carbocycles. The molecule has 160 valence electrons. The SMILES string of the molecule is Cc1c(CNC(c2cccc(F)c2)C2CCC2)c(C)n(Cc2ncco2)c(=O)c1C#N. The largest absolute Gasteiger partial charge is 0.447 e. The van der Waals surface area contributed by atoms with Crippen molar-refractivity contribution in [2.45, 2.75) is 52.2 Å². The average molecular weight is 420 g/mol. The Morgan fingerprint density at radius 3 is 2.81 bits per heavy atom. The molecule has 0 spiro atoms. The molecule has 1 aliphatic carbocycles. The third-order valence-electron chi connectivity index (χ3n) is 6.34. The number of benzene rings is 1. The molecule has 0 aliphatic heterocycles. The minimum atomic E-state index is -0.347. The van der Waals surface area contributed by atoms with E-state index in [4.69, 9.17) is 4.42 Å². The van der Waals surface area contributed by atoms with E-state index in [0.717, 1.165) is 29.7 Å². The van der Waals surface area contributed by atoms with E-state index in [1.54, 1.807) is 19.1 Å². The van der Waals surface area contributed by atoms with E-state index in [1.807, 2.05) is 13.0 Å². The monoisotopic (exact) mass is 420 g/mol. The summed E-state index contributed by atoms with van der Waals surface area (Å²) in [5.41, 5.74) is 3.03. The van der Waals surface area contributed by atoms with Crippen LogP contribution in [0.3, 0.4) is 0 Å². The number of hydrogen-bond donors (Lipinski definition) is 1. The van der Waals surface area contributed by atoms with Gasteiger partial charge in [0, 0.05) is 18.3 Å². The minimum absolute atomic E-state index is 0.0147. The fourth-order valence-electron chi connectivity index (χ4n) is 4.32. The number of nitrogens with zero attached hydrogens (tertiary/aromatic N) is 3. The van der Waals surface area contributed by atoms with E-state index in [2.05, 4.69) is 16.4 Å². The molecule has 2 heterocycles. The Morgan fingerprint density at radius 2 is 2.19 bits per heavy atom. The number of oxazole rings is 1. The predicted molar refractivity (Wildman–Crippen MR) is 114 cm³/mol. The molecule has 4 rings (SSSR count). The maximum absolute atomic E-state index is 13.9. The van der Waals surface area contributed by atoms with Gasteiger partial charge in [0.2, 0.25) is 5.89 Å². The summed E-state index contributed by atoms with van der Waals surface area (Å²) in [6, 6.07) is 8.79. The molecule has 1 fully saturated rings. The van der Waals surface area contributed by atoms with Gasteiger partial charge in [0.15, 0.2) is 0 Å². The highest BCUT2D eigenvalue weighted by Gasteiger charge is 2.29. The summed E-state index contributed by atoms with van der Waals surface area (Å²) in [5.74, 6) is 0.599. The summed E-state index contributed by atoms with van der Waals surface area (Å²) < 4.78 is 20.7. The van der Waals surface area contributed by atoms with Crippen LogP contribution in [0.2, 0.25) is 0 Å². The van der Waals surface area contributed by atoms with Crippen molar-refractivity contribution >= 4 is 0 Å². The highest BCUT2D eigenvalue weighted by Crippen LogP contribution is 2.38. The first-order valence-corrected chi connectivity index (χ1v) is 10.5. The third-order valence-corrected chi connectivity index (χ3v) is 6.34. The summed E-state index contributed by atoms with van der Waals surface area (Å²) in [5, 5.41) is 13.2. The van der Waals surface area contributed by atoms with Gasteiger partial charge in [0.05, 0.1) is 6.20 Å². The topological polar surface area (TPSA) is 83.8 Å². The summed E-state index contributed by atoms with van der Waals surface area (Å²) in [6.45, 7) is 4.31. The Labute approximate surface area is 180 Å². The number of aromatic nitrogens is 2.